The second-order valence-corrected chi connectivity index (χ2v) is 4.85. The molecule has 1 aromatic heterocycles. The van der Waals surface area contributed by atoms with Crippen molar-refractivity contribution in [1.82, 2.24) is 10.3 Å². The summed E-state index contributed by atoms with van der Waals surface area (Å²) < 4.78 is 13.3. The van der Waals surface area contributed by atoms with E-state index in [1.54, 1.807) is 6.07 Å². The lowest BCUT2D eigenvalue weighted by molar-refractivity contribution is 0.581. The summed E-state index contributed by atoms with van der Waals surface area (Å²) in [6.07, 6.45) is 5.23. The maximum atomic E-state index is 13.3. The average molecular weight is 237 g/mol. The number of halogens is 1. The highest BCUT2D eigenvalue weighted by atomic mass is 19.1. The standard InChI is InChI=1S/C13H20FN3/c1-9(15)4-5-13-11(7-10(14)8-17-13)12-3-2-6-16-12/h7-9,12,16H,2-6,15H2,1H3/t9-,12?/m1/s1. The number of pyridine rings is 1. The number of rotatable bonds is 4. The van der Waals surface area contributed by atoms with E-state index in [-0.39, 0.29) is 17.9 Å². The Morgan fingerprint density at radius 3 is 3.12 bits per heavy atom. The smallest absolute Gasteiger partial charge is 0.141 e. The quantitative estimate of drug-likeness (QED) is 0.841. The van der Waals surface area contributed by atoms with E-state index >= 15 is 0 Å². The summed E-state index contributed by atoms with van der Waals surface area (Å²) in [7, 11) is 0. The zero-order chi connectivity index (χ0) is 12.3. The van der Waals surface area contributed by atoms with Crippen LogP contribution in [0.3, 0.4) is 0 Å². The van der Waals surface area contributed by atoms with Gasteiger partial charge in [0, 0.05) is 17.8 Å². The number of nitrogens with one attached hydrogen (secondary N) is 1. The fourth-order valence-corrected chi connectivity index (χ4v) is 2.31. The van der Waals surface area contributed by atoms with Crippen molar-refractivity contribution in [3.05, 3.63) is 29.3 Å². The molecule has 94 valence electrons. The highest BCUT2D eigenvalue weighted by Gasteiger charge is 2.20. The molecule has 4 heteroatoms. The number of nitrogens with zero attached hydrogens (tertiary/aromatic N) is 1. The third-order valence-corrected chi connectivity index (χ3v) is 3.24. The van der Waals surface area contributed by atoms with E-state index in [9.17, 15) is 4.39 Å². The minimum atomic E-state index is -0.252. The summed E-state index contributed by atoms with van der Waals surface area (Å²) in [5, 5.41) is 3.39. The Hall–Kier alpha value is -1.00. The molecule has 2 atom stereocenters. The SMILES string of the molecule is C[C@@H](N)CCc1ncc(F)cc1C1CCCN1. The molecule has 1 saturated heterocycles. The van der Waals surface area contributed by atoms with E-state index in [2.05, 4.69) is 10.3 Å². The third-order valence-electron chi connectivity index (χ3n) is 3.24. The Morgan fingerprint density at radius 1 is 1.65 bits per heavy atom. The predicted molar refractivity (Wildman–Crippen MR) is 66.1 cm³/mol. The molecule has 3 nitrogen and oxygen atoms in total. The molecule has 0 radical (unpaired) electrons. The van der Waals surface area contributed by atoms with E-state index < -0.39 is 0 Å². The van der Waals surface area contributed by atoms with Crippen LogP contribution in [0.25, 0.3) is 0 Å². The van der Waals surface area contributed by atoms with Crippen LogP contribution in [-0.2, 0) is 6.42 Å². The number of hydrogen-bond donors (Lipinski definition) is 2. The Kier molecular flexibility index (Phi) is 4.07. The summed E-state index contributed by atoms with van der Waals surface area (Å²) in [5.74, 6) is -0.252. The molecule has 0 aliphatic carbocycles. The molecule has 0 saturated carbocycles. The molecule has 1 fully saturated rings. The van der Waals surface area contributed by atoms with Gasteiger partial charge >= 0.3 is 0 Å². The summed E-state index contributed by atoms with van der Waals surface area (Å²) in [6, 6.07) is 2.04. The first kappa shape index (κ1) is 12.5. The van der Waals surface area contributed by atoms with Crippen molar-refractivity contribution in [3.63, 3.8) is 0 Å². The van der Waals surface area contributed by atoms with E-state index in [4.69, 9.17) is 5.73 Å². The maximum absolute atomic E-state index is 13.3. The number of hydrogen-bond acceptors (Lipinski definition) is 3. The lowest BCUT2D eigenvalue weighted by atomic mass is 9.99. The Bertz CT molecular complexity index is 373. The first-order valence-corrected chi connectivity index (χ1v) is 6.30. The van der Waals surface area contributed by atoms with Gasteiger partial charge in [-0.2, -0.15) is 0 Å². The molecule has 0 amide bonds. The van der Waals surface area contributed by atoms with Crippen molar-refractivity contribution in [1.29, 1.82) is 0 Å². The zero-order valence-electron chi connectivity index (χ0n) is 10.2. The van der Waals surface area contributed by atoms with Gasteiger partial charge < -0.3 is 11.1 Å². The summed E-state index contributed by atoms with van der Waals surface area (Å²) in [6.45, 7) is 2.99. The van der Waals surface area contributed by atoms with Crippen LogP contribution in [0.4, 0.5) is 4.39 Å². The molecule has 2 rings (SSSR count). The molecular formula is C13H20FN3. The van der Waals surface area contributed by atoms with Crippen molar-refractivity contribution in [3.8, 4) is 0 Å². The van der Waals surface area contributed by atoms with Crippen molar-refractivity contribution in [2.24, 2.45) is 5.73 Å². The van der Waals surface area contributed by atoms with E-state index in [1.807, 2.05) is 6.92 Å². The van der Waals surface area contributed by atoms with Crippen molar-refractivity contribution in [2.75, 3.05) is 6.54 Å². The molecule has 1 unspecified atom stereocenters. The Balaban J connectivity index is 2.17. The van der Waals surface area contributed by atoms with E-state index in [1.165, 1.54) is 6.20 Å². The third kappa shape index (κ3) is 3.23. The van der Waals surface area contributed by atoms with Crippen molar-refractivity contribution < 1.29 is 4.39 Å². The fourth-order valence-electron chi connectivity index (χ4n) is 2.31. The summed E-state index contributed by atoms with van der Waals surface area (Å²) >= 11 is 0. The molecule has 17 heavy (non-hydrogen) atoms. The molecule has 0 aromatic carbocycles. The predicted octanol–water partition coefficient (Wildman–Crippen LogP) is 1.93. The minimum Gasteiger partial charge on any atom is -0.328 e. The molecule has 2 heterocycles. The van der Waals surface area contributed by atoms with Crippen LogP contribution < -0.4 is 11.1 Å². The largest absolute Gasteiger partial charge is 0.328 e. The van der Waals surface area contributed by atoms with Gasteiger partial charge in [-0.15, -0.1) is 0 Å². The number of aryl methyl sites for hydroxylation is 1. The number of nitrogens with two attached hydrogens (primary N) is 1. The van der Waals surface area contributed by atoms with Crippen LogP contribution >= 0.6 is 0 Å². The van der Waals surface area contributed by atoms with Gasteiger partial charge in [0.05, 0.1) is 6.20 Å². The average Bonchev–Trinajstić information content (AvgIpc) is 2.80. The van der Waals surface area contributed by atoms with E-state index in [0.717, 1.165) is 43.5 Å². The van der Waals surface area contributed by atoms with Gasteiger partial charge in [-0.05, 0) is 50.8 Å². The zero-order valence-corrected chi connectivity index (χ0v) is 10.2. The molecule has 3 N–H and O–H groups in total. The molecule has 1 aromatic rings. The fraction of sp³-hybridized carbons (Fsp3) is 0.615. The van der Waals surface area contributed by atoms with Crippen LogP contribution in [0.15, 0.2) is 12.3 Å². The van der Waals surface area contributed by atoms with Gasteiger partial charge in [-0.1, -0.05) is 0 Å². The molecular weight excluding hydrogens is 217 g/mol. The van der Waals surface area contributed by atoms with Gasteiger partial charge in [0.1, 0.15) is 5.82 Å². The molecule has 0 bridgehead atoms. The van der Waals surface area contributed by atoms with Crippen molar-refractivity contribution >= 4 is 0 Å². The highest BCUT2D eigenvalue weighted by molar-refractivity contribution is 5.25. The molecule has 1 aliphatic heterocycles. The first-order valence-electron chi connectivity index (χ1n) is 6.30. The maximum Gasteiger partial charge on any atom is 0.141 e. The lowest BCUT2D eigenvalue weighted by Crippen LogP contribution is -2.19. The second-order valence-electron chi connectivity index (χ2n) is 4.85. The van der Waals surface area contributed by atoms with E-state index in [0.29, 0.717) is 0 Å². The van der Waals surface area contributed by atoms with Crippen LogP contribution in [0.1, 0.15) is 43.5 Å². The summed E-state index contributed by atoms with van der Waals surface area (Å²) in [5.41, 5.74) is 7.76. The molecule has 0 spiro atoms. The topological polar surface area (TPSA) is 50.9 Å². The van der Waals surface area contributed by atoms with Crippen LogP contribution in [0.5, 0.6) is 0 Å². The van der Waals surface area contributed by atoms with Gasteiger partial charge in [-0.25, -0.2) is 4.39 Å². The monoisotopic (exact) mass is 237 g/mol. The van der Waals surface area contributed by atoms with Crippen LogP contribution in [0.2, 0.25) is 0 Å². The lowest BCUT2D eigenvalue weighted by Gasteiger charge is -2.15. The van der Waals surface area contributed by atoms with Crippen LogP contribution in [-0.4, -0.2) is 17.6 Å². The molecule has 1 aliphatic rings. The van der Waals surface area contributed by atoms with Gasteiger partial charge in [0.15, 0.2) is 0 Å². The Morgan fingerprint density at radius 2 is 2.47 bits per heavy atom. The minimum absolute atomic E-state index is 0.159. The van der Waals surface area contributed by atoms with Crippen LogP contribution in [0, 0.1) is 5.82 Å². The normalized spacial score (nSPS) is 21.7. The summed E-state index contributed by atoms with van der Waals surface area (Å²) in [4.78, 5) is 4.22. The Labute approximate surface area is 102 Å². The first-order chi connectivity index (χ1) is 8.16. The second kappa shape index (κ2) is 5.56. The van der Waals surface area contributed by atoms with Gasteiger partial charge in [0.2, 0.25) is 0 Å². The van der Waals surface area contributed by atoms with Gasteiger partial charge in [-0.3, -0.25) is 4.98 Å². The highest BCUT2D eigenvalue weighted by Crippen LogP contribution is 2.26. The van der Waals surface area contributed by atoms with Crippen molar-refractivity contribution in [2.45, 2.75) is 44.7 Å². The number of aromatic nitrogens is 1. The van der Waals surface area contributed by atoms with Gasteiger partial charge in [0.25, 0.3) is 0 Å².